The van der Waals surface area contributed by atoms with Gasteiger partial charge in [-0.25, -0.2) is 0 Å². The summed E-state index contributed by atoms with van der Waals surface area (Å²) in [4.78, 5) is 4.62. The van der Waals surface area contributed by atoms with Crippen LogP contribution in [0.2, 0.25) is 0 Å². The van der Waals surface area contributed by atoms with E-state index in [-0.39, 0.29) is 0 Å². The van der Waals surface area contributed by atoms with E-state index < -0.39 is 0 Å². The third kappa shape index (κ3) is 6.02. The summed E-state index contributed by atoms with van der Waals surface area (Å²) in [5.41, 5.74) is 14.2. The normalized spacial score (nSPS) is 11.3. The second-order valence-electron chi connectivity index (χ2n) is 13.6. The number of anilines is 6. The molecule has 2 heterocycles. The third-order valence-corrected chi connectivity index (χ3v) is 10.5. The average molecular weight is 699 g/mol. The minimum absolute atomic E-state index is 0.883. The highest BCUT2D eigenvalue weighted by atomic mass is 15.1. The molecule has 0 aliphatic carbocycles. The first-order valence-electron chi connectivity index (χ1n) is 18.9. The highest BCUT2D eigenvalue weighted by Crippen LogP contribution is 2.40. The average Bonchev–Trinajstić information content (AvgIpc) is 3.79. The van der Waals surface area contributed by atoms with Gasteiger partial charge in [-0.15, -0.1) is 0 Å². The molecule has 0 bridgehead atoms. The van der Waals surface area contributed by atoms with E-state index in [2.05, 4.69) is 227 Å². The Morgan fingerprint density at radius 1 is 0.333 bits per heavy atom. The van der Waals surface area contributed by atoms with Crippen molar-refractivity contribution in [2.24, 2.45) is 0 Å². The predicted molar refractivity (Wildman–Crippen MR) is 229 cm³/mol. The Kier molecular flexibility index (Phi) is 8.78. The zero-order valence-corrected chi connectivity index (χ0v) is 30.7. The summed E-state index contributed by atoms with van der Waals surface area (Å²) in [7, 11) is 0. The second kappa shape index (κ2) is 14.3. The SMILES string of the molecule is CCn1c(-c2ccc(N(c3ccccc3)c3ccccc3)cc2)cc2cc3c(cc(-c4ccc(N(c5ccccc5)c5ccccc5)cc4)n3CC)cc21. The molecule has 9 aromatic rings. The van der Waals surface area contributed by atoms with Gasteiger partial charge in [0.05, 0.1) is 0 Å². The van der Waals surface area contributed by atoms with Crippen LogP contribution in [0.4, 0.5) is 34.1 Å². The number of hydrogen-bond donors (Lipinski definition) is 0. The van der Waals surface area contributed by atoms with Crippen molar-refractivity contribution in [2.45, 2.75) is 26.9 Å². The highest BCUT2D eigenvalue weighted by Gasteiger charge is 2.18. The summed E-state index contributed by atoms with van der Waals surface area (Å²) in [6, 6.07) is 69.8. The minimum Gasteiger partial charge on any atom is -0.341 e. The van der Waals surface area contributed by atoms with Crippen molar-refractivity contribution in [3.05, 3.63) is 194 Å². The maximum Gasteiger partial charge on any atom is 0.0492 e. The quantitative estimate of drug-likeness (QED) is 0.141. The largest absolute Gasteiger partial charge is 0.341 e. The fraction of sp³-hybridized carbons (Fsp3) is 0.0800. The summed E-state index contributed by atoms with van der Waals surface area (Å²) in [5.74, 6) is 0. The van der Waals surface area contributed by atoms with Crippen molar-refractivity contribution in [3.63, 3.8) is 0 Å². The van der Waals surface area contributed by atoms with Crippen molar-refractivity contribution < 1.29 is 0 Å². The molecule has 7 aromatic carbocycles. The van der Waals surface area contributed by atoms with E-state index in [1.807, 2.05) is 0 Å². The Labute approximate surface area is 317 Å². The number of aryl methyl sites for hydroxylation is 2. The molecule has 0 radical (unpaired) electrons. The standard InChI is InChI=1S/C50H42N4/c1-3-51-47(37-25-29-45(30-26-37)53(41-17-9-5-10-18-41)42-19-11-6-12-20-42)33-39-36-50-40(35-49(39)51)34-48(52(50)4-2)38-27-31-46(32-28-38)54(43-21-13-7-14-22-43)44-23-15-8-16-24-44/h5-36H,3-4H2,1-2H3. The van der Waals surface area contributed by atoms with E-state index in [1.54, 1.807) is 0 Å². The smallest absolute Gasteiger partial charge is 0.0492 e. The summed E-state index contributed by atoms with van der Waals surface area (Å²) < 4.78 is 4.91. The van der Waals surface area contributed by atoms with Gasteiger partial charge >= 0.3 is 0 Å². The van der Waals surface area contributed by atoms with Crippen LogP contribution in [-0.2, 0) is 13.1 Å². The lowest BCUT2D eigenvalue weighted by Crippen LogP contribution is -2.09. The van der Waals surface area contributed by atoms with Crippen LogP contribution in [0.25, 0.3) is 44.3 Å². The Morgan fingerprint density at radius 3 is 0.889 bits per heavy atom. The maximum atomic E-state index is 2.45. The van der Waals surface area contributed by atoms with Gasteiger partial charge in [-0.3, -0.25) is 0 Å². The van der Waals surface area contributed by atoms with Crippen molar-refractivity contribution in [3.8, 4) is 22.5 Å². The first kappa shape index (κ1) is 33.1. The molecule has 0 spiro atoms. The number of rotatable bonds is 10. The molecular formula is C50H42N4. The molecule has 0 saturated carbocycles. The first-order chi connectivity index (χ1) is 26.7. The maximum absolute atomic E-state index is 2.45. The summed E-state index contributed by atoms with van der Waals surface area (Å²) in [6.07, 6.45) is 0. The Hall–Kier alpha value is -6.78. The Bertz CT molecular complexity index is 2370. The molecule has 0 unspecified atom stereocenters. The zero-order valence-electron chi connectivity index (χ0n) is 30.7. The molecule has 54 heavy (non-hydrogen) atoms. The Balaban J connectivity index is 1.06. The van der Waals surface area contributed by atoms with Gasteiger partial charge in [0.25, 0.3) is 0 Å². The van der Waals surface area contributed by atoms with Crippen LogP contribution in [-0.4, -0.2) is 9.13 Å². The molecule has 0 atom stereocenters. The van der Waals surface area contributed by atoms with Gasteiger partial charge in [-0.1, -0.05) is 97.1 Å². The van der Waals surface area contributed by atoms with Crippen LogP contribution < -0.4 is 9.80 Å². The van der Waals surface area contributed by atoms with Gasteiger partial charge in [0, 0.05) is 80.4 Å². The molecule has 0 amide bonds. The van der Waals surface area contributed by atoms with Crippen LogP contribution in [0.1, 0.15) is 13.8 Å². The van der Waals surface area contributed by atoms with Gasteiger partial charge in [-0.2, -0.15) is 0 Å². The zero-order chi connectivity index (χ0) is 36.4. The van der Waals surface area contributed by atoms with Crippen molar-refractivity contribution in [2.75, 3.05) is 9.80 Å². The van der Waals surface area contributed by atoms with Crippen molar-refractivity contribution in [1.82, 2.24) is 9.13 Å². The van der Waals surface area contributed by atoms with Crippen LogP contribution in [0, 0.1) is 0 Å². The minimum atomic E-state index is 0.883. The molecule has 0 aliphatic heterocycles. The van der Waals surface area contributed by atoms with Gasteiger partial charge in [0.15, 0.2) is 0 Å². The summed E-state index contributed by atoms with van der Waals surface area (Å²) in [6.45, 7) is 6.25. The predicted octanol–water partition coefficient (Wildman–Crippen LogP) is 13.9. The lowest BCUT2D eigenvalue weighted by atomic mass is 10.1. The van der Waals surface area contributed by atoms with E-state index in [1.165, 1.54) is 44.3 Å². The van der Waals surface area contributed by atoms with Gasteiger partial charge in [0.1, 0.15) is 0 Å². The van der Waals surface area contributed by atoms with Crippen LogP contribution >= 0.6 is 0 Å². The van der Waals surface area contributed by atoms with E-state index in [4.69, 9.17) is 0 Å². The number of benzene rings is 7. The van der Waals surface area contributed by atoms with Gasteiger partial charge < -0.3 is 18.9 Å². The molecule has 0 fully saturated rings. The summed E-state index contributed by atoms with van der Waals surface area (Å²) >= 11 is 0. The number of nitrogens with zero attached hydrogens (tertiary/aromatic N) is 4. The highest BCUT2D eigenvalue weighted by molar-refractivity contribution is 6.01. The fourth-order valence-electron chi connectivity index (χ4n) is 7.94. The number of hydrogen-bond acceptors (Lipinski definition) is 2. The van der Waals surface area contributed by atoms with Gasteiger partial charge in [-0.05, 0) is 122 Å². The topological polar surface area (TPSA) is 16.3 Å². The van der Waals surface area contributed by atoms with E-state index >= 15 is 0 Å². The lowest BCUT2D eigenvalue weighted by Gasteiger charge is -2.25. The van der Waals surface area contributed by atoms with E-state index in [0.29, 0.717) is 0 Å². The molecule has 262 valence electrons. The van der Waals surface area contributed by atoms with Crippen LogP contribution in [0.3, 0.4) is 0 Å². The summed E-state index contributed by atoms with van der Waals surface area (Å²) in [5, 5.41) is 2.52. The number of para-hydroxylation sites is 4. The number of fused-ring (bicyclic) bond motifs is 2. The van der Waals surface area contributed by atoms with E-state index in [9.17, 15) is 0 Å². The van der Waals surface area contributed by atoms with Crippen LogP contribution in [0.15, 0.2) is 194 Å². The number of aromatic nitrogens is 2. The first-order valence-corrected chi connectivity index (χ1v) is 18.9. The molecule has 9 rings (SSSR count). The van der Waals surface area contributed by atoms with Crippen molar-refractivity contribution >= 4 is 55.9 Å². The van der Waals surface area contributed by atoms with Crippen molar-refractivity contribution in [1.29, 1.82) is 0 Å². The monoisotopic (exact) mass is 698 g/mol. The van der Waals surface area contributed by atoms with Gasteiger partial charge in [0.2, 0.25) is 0 Å². The molecule has 2 aromatic heterocycles. The second-order valence-corrected chi connectivity index (χ2v) is 13.6. The fourth-order valence-corrected chi connectivity index (χ4v) is 7.94. The van der Waals surface area contributed by atoms with Crippen LogP contribution in [0.5, 0.6) is 0 Å². The molecule has 0 saturated heterocycles. The third-order valence-electron chi connectivity index (χ3n) is 10.5. The molecule has 4 heteroatoms. The Morgan fingerprint density at radius 2 is 0.611 bits per heavy atom. The molecule has 0 aliphatic rings. The molecular weight excluding hydrogens is 657 g/mol. The molecule has 0 N–H and O–H groups in total. The van der Waals surface area contributed by atoms with E-state index in [0.717, 1.165) is 47.2 Å². The lowest BCUT2D eigenvalue weighted by molar-refractivity contribution is 0.803. The molecule has 4 nitrogen and oxygen atoms in total.